The minimum absolute atomic E-state index is 0.00890. The fourth-order valence-corrected chi connectivity index (χ4v) is 10.2. The van der Waals surface area contributed by atoms with E-state index >= 15 is 0 Å². The van der Waals surface area contributed by atoms with Crippen molar-refractivity contribution in [3.05, 3.63) is 144 Å². The van der Waals surface area contributed by atoms with Crippen LogP contribution in [-0.2, 0) is 35.4 Å². The van der Waals surface area contributed by atoms with Gasteiger partial charge < -0.3 is 42.6 Å². The molecule has 1 unspecified atom stereocenters. The van der Waals surface area contributed by atoms with E-state index in [1.165, 1.54) is 6.33 Å². The molecule has 0 radical (unpaired) electrons. The molecule has 6 aromatic rings. The summed E-state index contributed by atoms with van der Waals surface area (Å²) in [5.74, 6) is 1.95. The van der Waals surface area contributed by atoms with Crippen molar-refractivity contribution in [1.29, 1.82) is 5.26 Å². The van der Waals surface area contributed by atoms with E-state index in [9.17, 15) is 9.65 Å². The van der Waals surface area contributed by atoms with Gasteiger partial charge in [-0.15, -0.1) is 0 Å². The zero-order valence-electron chi connectivity index (χ0n) is 38.3. The summed E-state index contributed by atoms with van der Waals surface area (Å²) in [6, 6.07) is 37.2. The third kappa shape index (κ3) is 11.0. The van der Waals surface area contributed by atoms with E-state index < -0.39 is 45.2 Å². The van der Waals surface area contributed by atoms with Gasteiger partial charge in [0.05, 0.1) is 65.5 Å². The molecular weight excluding hydrogens is 861 g/mol. The summed E-state index contributed by atoms with van der Waals surface area (Å²) < 4.78 is 64.3. The molecule has 5 atom stereocenters. The molecule has 4 aromatic carbocycles. The van der Waals surface area contributed by atoms with E-state index in [1.54, 1.807) is 20.5 Å². The average Bonchev–Trinajstić information content (AvgIpc) is 3.79. The van der Waals surface area contributed by atoms with E-state index in [0.29, 0.717) is 35.0 Å². The fourth-order valence-electron chi connectivity index (χ4n) is 8.42. The van der Waals surface area contributed by atoms with Gasteiger partial charge in [0.1, 0.15) is 53.9 Å². The molecule has 348 valence electrons. The lowest BCUT2D eigenvalue weighted by Crippen LogP contribution is -2.55. The van der Waals surface area contributed by atoms with Gasteiger partial charge in [0, 0.05) is 18.6 Å². The molecule has 0 bridgehead atoms. The second-order valence-electron chi connectivity index (χ2n) is 16.3. The summed E-state index contributed by atoms with van der Waals surface area (Å²) in [5.41, 5.74) is 3.53. The Morgan fingerprint density at radius 3 is 2.05 bits per heavy atom. The molecular formula is C50H59FN7O7P. The Morgan fingerprint density at radius 2 is 1.45 bits per heavy atom. The van der Waals surface area contributed by atoms with E-state index in [-0.39, 0.29) is 44.9 Å². The van der Waals surface area contributed by atoms with Gasteiger partial charge in [-0.25, -0.2) is 24.0 Å². The first-order chi connectivity index (χ1) is 32.2. The number of nitriles is 1. The molecule has 2 aromatic heterocycles. The van der Waals surface area contributed by atoms with E-state index in [2.05, 4.69) is 48.7 Å². The summed E-state index contributed by atoms with van der Waals surface area (Å²) >= 11 is 0. The summed E-state index contributed by atoms with van der Waals surface area (Å²) in [5, 5.41) is 13.0. The van der Waals surface area contributed by atoms with Crippen LogP contribution in [0.5, 0.6) is 11.5 Å². The predicted octanol–water partition coefficient (Wildman–Crippen LogP) is 9.42. The quantitative estimate of drug-likeness (QED) is 0.0370. The van der Waals surface area contributed by atoms with Crippen LogP contribution in [0.4, 0.5) is 10.2 Å². The Bertz CT molecular complexity index is 2390. The van der Waals surface area contributed by atoms with Gasteiger partial charge in [0.15, 0.2) is 11.5 Å². The van der Waals surface area contributed by atoms with E-state index in [1.807, 2.05) is 114 Å². The highest BCUT2D eigenvalue weighted by atomic mass is 31.2. The molecule has 0 saturated carbocycles. The second-order valence-corrected chi connectivity index (χ2v) is 17.7. The molecule has 1 N–H and O–H groups in total. The zero-order chi connectivity index (χ0) is 46.5. The van der Waals surface area contributed by atoms with Crippen molar-refractivity contribution in [3.8, 4) is 17.6 Å². The number of nitrogens with one attached hydrogen (secondary N) is 1. The van der Waals surface area contributed by atoms with Crippen molar-refractivity contribution < 1.29 is 37.1 Å². The Labute approximate surface area is 387 Å². The van der Waals surface area contributed by atoms with Gasteiger partial charge in [0.25, 0.3) is 8.53 Å². The van der Waals surface area contributed by atoms with Crippen LogP contribution in [0.3, 0.4) is 0 Å². The van der Waals surface area contributed by atoms with Crippen molar-refractivity contribution in [2.24, 2.45) is 0 Å². The Morgan fingerprint density at radius 1 is 0.833 bits per heavy atom. The van der Waals surface area contributed by atoms with Crippen molar-refractivity contribution in [1.82, 2.24) is 24.2 Å². The maximum atomic E-state index is 14.4. The van der Waals surface area contributed by atoms with Crippen LogP contribution >= 0.6 is 8.53 Å². The Hall–Kier alpha value is -5.56. The summed E-state index contributed by atoms with van der Waals surface area (Å²) in [4.78, 5) is 14.0. The monoisotopic (exact) mass is 919 g/mol. The number of aromatic nitrogens is 4. The van der Waals surface area contributed by atoms with E-state index in [0.717, 1.165) is 22.3 Å². The molecule has 1 saturated heterocycles. The van der Waals surface area contributed by atoms with Crippen LogP contribution in [0.15, 0.2) is 122 Å². The minimum atomic E-state index is -1.85. The molecule has 1 aliphatic heterocycles. The Balaban J connectivity index is 1.33. The topological polar surface area (TPSA) is 147 Å². The van der Waals surface area contributed by atoms with Crippen molar-refractivity contribution in [2.75, 3.05) is 52.6 Å². The third-order valence-electron chi connectivity index (χ3n) is 11.5. The molecule has 0 spiro atoms. The van der Waals surface area contributed by atoms with Gasteiger partial charge >= 0.3 is 0 Å². The molecule has 1 fully saturated rings. The summed E-state index contributed by atoms with van der Waals surface area (Å²) in [6.07, 6.45) is 0.828. The third-order valence-corrected chi connectivity index (χ3v) is 13.6. The minimum Gasteiger partial charge on any atom is -0.497 e. The number of nitrogens with zero attached hydrogens (tertiary/aromatic N) is 6. The van der Waals surface area contributed by atoms with Crippen LogP contribution in [-0.4, -0.2) is 102 Å². The molecule has 0 amide bonds. The van der Waals surface area contributed by atoms with Crippen molar-refractivity contribution in [2.45, 2.75) is 82.7 Å². The molecule has 1 aliphatic rings. The molecule has 66 heavy (non-hydrogen) atoms. The standard InChI is InChI=1S/C50H59FN7O7P/c1-35(2)58(36(3)4)66(64-28-13-27-52)65-47-44(32-63-50(38-16-11-8-12-17-38,39-18-22-41(59-5)23-19-39)40-20-24-42(60-6)25-21-40)62-31-43(46(47)61-29-26-51)57-34-56-45-48(54-33-55-49(45)57)53-30-37-14-9-7-10-15-37/h7-12,14-25,33-36,43-44,46-47H,13,26,28-32H2,1-6H3,(H,53,54,55)/t43-,44-,46+,47-,66?/m1/s1. The van der Waals surface area contributed by atoms with Gasteiger partial charge in [-0.05, 0) is 74.2 Å². The largest absolute Gasteiger partial charge is 0.497 e. The SMILES string of the molecule is COc1ccc(C(OC[C@H]2OC[C@@H](n3cnc4c(NCc5ccccc5)ncnc43)[C@H](OCCF)[C@@H]2OP(OCCC#N)N(C(C)C)C(C)C)(c2ccccc2)c2ccc(OC)cc2)cc1. The number of methoxy groups -OCH3 is 2. The number of hydrogen-bond donors (Lipinski definition) is 1. The van der Waals surface area contributed by atoms with Gasteiger partial charge in [-0.2, -0.15) is 5.26 Å². The van der Waals surface area contributed by atoms with Gasteiger partial charge in [-0.3, -0.25) is 0 Å². The van der Waals surface area contributed by atoms with Crippen LogP contribution in [0, 0.1) is 11.3 Å². The molecule has 7 rings (SSSR count). The number of benzene rings is 4. The van der Waals surface area contributed by atoms with Crippen LogP contribution in [0.25, 0.3) is 11.2 Å². The maximum Gasteiger partial charge on any atom is 0.259 e. The lowest BCUT2D eigenvalue weighted by atomic mass is 9.80. The molecule has 16 heteroatoms. The summed E-state index contributed by atoms with van der Waals surface area (Å²) in [7, 11) is 1.42. The van der Waals surface area contributed by atoms with Gasteiger partial charge in [0.2, 0.25) is 0 Å². The Kier molecular flexibility index (Phi) is 17.0. The second kappa shape index (κ2) is 23.3. The van der Waals surface area contributed by atoms with Crippen LogP contribution in [0.2, 0.25) is 0 Å². The number of fused-ring (bicyclic) bond motifs is 1. The number of anilines is 1. The zero-order valence-corrected chi connectivity index (χ0v) is 39.2. The molecule has 0 aliphatic carbocycles. The number of imidazole rings is 1. The average molecular weight is 920 g/mol. The highest BCUT2D eigenvalue weighted by Gasteiger charge is 2.48. The normalized spacial score (nSPS) is 18.1. The lowest BCUT2D eigenvalue weighted by Gasteiger charge is -2.46. The lowest BCUT2D eigenvalue weighted by molar-refractivity contribution is -0.193. The highest BCUT2D eigenvalue weighted by molar-refractivity contribution is 7.44. The van der Waals surface area contributed by atoms with Crippen LogP contribution in [0.1, 0.15) is 62.4 Å². The molecule has 14 nitrogen and oxygen atoms in total. The van der Waals surface area contributed by atoms with Gasteiger partial charge in [-0.1, -0.05) is 84.9 Å². The first kappa shape index (κ1) is 48.4. The van der Waals surface area contributed by atoms with Crippen molar-refractivity contribution >= 4 is 25.5 Å². The van der Waals surface area contributed by atoms with Crippen LogP contribution < -0.4 is 14.8 Å². The summed E-state index contributed by atoms with van der Waals surface area (Å²) in [6.45, 7) is 8.12. The number of alkyl halides is 1. The van der Waals surface area contributed by atoms with E-state index in [4.69, 9.17) is 42.7 Å². The number of hydrogen-bond acceptors (Lipinski definition) is 13. The first-order valence-electron chi connectivity index (χ1n) is 22.2. The maximum absolute atomic E-state index is 14.4. The van der Waals surface area contributed by atoms with Crippen molar-refractivity contribution in [3.63, 3.8) is 0 Å². The molecule has 3 heterocycles. The predicted molar refractivity (Wildman–Crippen MR) is 252 cm³/mol. The number of halogens is 1. The highest BCUT2D eigenvalue weighted by Crippen LogP contribution is 2.50. The number of ether oxygens (including phenoxy) is 5. The number of rotatable bonds is 23. The first-order valence-corrected chi connectivity index (χ1v) is 23.3. The smallest absolute Gasteiger partial charge is 0.259 e. The fraction of sp³-hybridized carbons (Fsp3) is 0.400.